The predicted octanol–water partition coefficient (Wildman–Crippen LogP) is 2.76. The van der Waals surface area contributed by atoms with Crippen molar-refractivity contribution < 1.29 is 9.59 Å². The van der Waals surface area contributed by atoms with Crippen molar-refractivity contribution in [2.45, 2.75) is 13.3 Å². The zero-order valence-corrected chi connectivity index (χ0v) is 9.57. The van der Waals surface area contributed by atoms with E-state index in [1.165, 1.54) is 0 Å². The Morgan fingerprint density at radius 1 is 1.06 bits per heavy atom. The standard InChI is InChI=1S/C14H13NO2/c1-2-13(16)14(17)15-12-9-5-7-10-6-3-4-8-11(10)12/h3-9H,2H2,1H3,(H,15,17). The zero-order chi connectivity index (χ0) is 12.3. The first kappa shape index (κ1) is 11.3. The first-order chi connectivity index (χ1) is 8.22. The fourth-order valence-electron chi connectivity index (χ4n) is 1.69. The SMILES string of the molecule is CCC(=O)C(=O)Nc1cccc2ccccc12. The Balaban J connectivity index is 2.36. The first-order valence-electron chi connectivity index (χ1n) is 5.54. The molecule has 3 nitrogen and oxygen atoms in total. The lowest BCUT2D eigenvalue weighted by molar-refractivity contribution is -0.134. The number of carbonyl (C=O) groups excluding carboxylic acids is 2. The van der Waals surface area contributed by atoms with Crippen LogP contribution in [0, 0.1) is 0 Å². The highest BCUT2D eigenvalue weighted by molar-refractivity contribution is 6.41. The molecular formula is C14H13NO2. The lowest BCUT2D eigenvalue weighted by Gasteiger charge is -2.07. The van der Waals surface area contributed by atoms with Gasteiger partial charge in [-0.3, -0.25) is 9.59 Å². The maximum Gasteiger partial charge on any atom is 0.291 e. The van der Waals surface area contributed by atoms with E-state index in [1.807, 2.05) is 36.4 Å². The molecule has 86 valence electrons. The number of amides is 1. The third-order valence-electron chi connectivity index (χ3n) is 2.61. The van der Waals surface area contributed by atoms with Gasteiger partial charge >= 0.3 is 0 Å². The second-order valence-electron chi connectivity index (χ2n) is 3.76. The average molecular weight is 227 g/mol. The Kier molecular flexibility index (Phi) is 3.19. The van der Waals surface area contributed by atoms with Crippen LogP contribution in [0.1, 0.15) is 13.3 Å². The molecule has 0 unspecified atom stereocenters. The Morgan fingerprint density at radius 3 is 2.53 bits per heavy atom. The van der Waals surface area contributed by atoms with Crippen LogP contribution in [-0.4, -0.2) is 11.7 Å². The molecule has 1 amide bonds. The van der Waals surface area contributed by atoms with E-state index in [0.717, 1.165) is 10.8 Å². The van der Waals surface area contributed by atoms with E-state index in [2.05, 4.69) is 5.32 Å². The van der Waals surface area contributed by atoms with E-state index in [4.69, 9.17) is 0 Å². The van der Waals surface area contributed by atoms with Crippen molar-refractivity contribution in [2.75, 3.05) is 5.32 Å². The van der Waals surface area contributed by atoms with Gasteiger partial charge in [-0.05, 0) is 11.5 Å². The molecule has 0 saturated carbocycles. The molecule has 0 radical (unpaired) electrons. The van der Waals surface area contributed by atoms with Crippen molar-refractivity contribution >= 4 is 28.2 Å². The third-order valence-corrected chi connectivity index (χ3v) is 2.61. The summed E-state index contributed by atoms with van der Waals surface area (Å²) in [7, 11) is 0. The van der Waals surface area contributed by atoms with Gasteiger partial charge in [0.15, 0.2) is 0 Å². The van der Waals surface area contributed by atoms with E-state index in [-0.39, 0.29) is 6.42 Å². The van der Waals surface area contributed by atoms with Gasteiger partial charge in [0.1, 0.15) is 0 Å². The molecule has 0 heterocycles. The summed E-state index contributed by atoms with van der Waals surface area (Å²) in [6, 6.07) is 13.3. The molecule has 0 aromatic heterocycles. The molecule has 2 aromatic rings. The molecule has 17 heavy (non-hydrogen) atoms. The minimum absolute atomic E-state index is 0.219. The number of benzene rings is 2. The zero-order valence-electron chi connectivity index (χ0n) is 9.57. The number of fused-ring (bicyclic) bond motifs is 1. The van der Waals surface area contributed by atoms with Gasteiger partial charge in [-0.2, -0.15) is 0 Å². The van der Waals surface area contributed by atoms with Crippen molar-refractivity contribution in [3.63, 3.8) is 0 Å². The maximum absolute atomic E-state index is 11.5. The van der Waals surface area contributed by atoms with E-state index < -0.39 is 11.7 Å². The summed E-state index contributed by atoms with van der Waals surface area (Å²) in [6.07, 6.45) is 0.219. The van der Waals surface area contributed by atoms with Crippen molar-refractivity contribution in [3.8, 4) is 0 Å². The summed E-state index contributed by atoms with van der Waals surface area (Å²) < 4.78 is 0. The topological polar surface area (TPSA) is 46.2 Å². The molecule has 0 aliphatic carbocycles. The fraction of sp³-hybridized carbons (Fsp3) is 0.143. The number of hydrogen-bond acceptors (Lipinski definition) is 2. The Bertz CT molecular complexity index is 570. The fourth-order valence-corrected chi connectivity index (χ4v) is 1.69. The number of hydrogen-bond donors (Lipinski definition) is 1. The highest BCUT2D eigenvalue weighted by atomic mass is 16.2. The summed E-state index contributed by atoms with van der Waals surface area (Å²) in [6.45, 7) is 1.67. The Hall–Kier alpha value is -2.16. The third kappa shape index (κ3) is 2.33. The van der Waals surface area contributed by atoms with Gasteiger partial charge in [-0.1, -0.05) is 43.3 Å². The summed E-state index contributed by atoms with van der Waals surface area (Å²) in [5, 5.41) is 4.62. The summed E-state index contributed by atoms with van der Waals surface area (Å²) in [5.41, 5.74) is 0.676. The van der Waals surface area contributed by atoms with Gasteiger partial charge in [-0.15, -0.1) is 0 Å². The lowest BCUT2D eigenvalue weighted by Crippen LogP contribution is -2.21. The minimum atomic E-state index is -0.552. The number of Topliss-reactive ketones (excluding diaryl/α,β-unsaturated/α-hetero) is 1. The van der Waals surface area contributed by atoms with Crippen LogP contribution in [0.5, 0.6) is 0 Å². The van der Waals surface area contributed by atoms with Crippen LogP contribution in [0.25, 0.3) is 10.8 Å². The molecule has 2 aromatic carbocycles. The molecule has 0 saturated heterocycles. The second-order valence-corrected chi connectivity index (χ2v) is 3.76. The number of anilines is 1. The molecule has 2 rings (SSSR count). The molecular weight excluding hydrogens is 214 g/mol. The highest BCUT2D eigenvalue weighted by Crippen LogP contribution is 2.22. The van der Waals surface area contributed by atoms with Crippen LogP contribution < -0.4 is 5.32 Å². The molecule has 0 aliphatic heterocycles. The lowest BCUT2D eigenvalue weighted by atomic mass is 10.1. The molecule has 0 atom stereocenters. The molecule has 0 fully saturated rings. The van der Waals surface area contributed by atoms with E-state index in [9.17, 15) is 9.59 Å². The van der Waals surface area contributed by atoms with Crippen LogP contribution in [0.4, 0.5) is 5.69 Å². The van der Waals surface area contributed by atoms with Gasteiger partial charge in [0.05, 0.1) is 0 Å². The normalized spacial score (nSPS) is 10.2. The van der Waals surface area contributed by atoms with Gasteiger partial charge in [-0.25, -0.2) is 0 Å². The number of nitrogens with one attached hydrogen (secondary N) is 1. The molecule has 0 aliphatic rings. The largest absolute Gasteiger partial charge is 0.319 e. The van der Waals surface area contributed by atoms with Gasteiger partial charge in [0.2, 0.25) is 5.78 Å². The highest BCUT2D eigenvalue weighted by Gasteiger charge is 2.12. The van der Waals surface area contributed by atoms with Crippen molar-refractivity contribution in [3.05, 3.63) is 42.5 Å². The smallest absolute Gasteiger partial charge is 0.291 e. The first-order valence-corrected chi connectivity index (χ1v) is 5.54. The van der Waals surface area contributed by atoms with Gasteiger partial charge in [0, 0.05) is 17.5 Å². The Labute approximate surface area is 99.4 Å². The van der Waals surface area contributed by atoms with E-state index >= 15 is 0 Å². The molecule has 3 heteroatoms. The Morgan fingerprint density at radius 2 is 1.76 bits per heavy atom. The molecule has 0 spiro atoms. The molecule has 1 N–H and O–H groups in total. The predicted molar refractivity (Wildman–Crippen MR) is 67.9 cm³/mol. The van der Waals surface area contributed by atoms with Crippen LogP contribution >= 0.6 is 0 Å². The van der Waals surface area contributed by atoms with Crippen LogP contribution in [0.3, 0.4) is 0 Å². The van der Waals surface area contributed by atoms with E-state index in [1.54, 1.807) is 13.0 Å². The number of ketones is 1. The number of carbonyl (C=O) groups is 2. The monoisotopic (exact) mass is 227 g/mol. The summed E-state index contributed by atoms with van der Waals surface area (Å²) >= 11 is 0. The van der Waals surface area contributed by atoms with Crippen LogP contribution in [0.15, 0.2) is 42.5 Å². The van der Waals surface area contributed by atoms with Gasteiger partial charge < -0.3 is 5.32 Å². The minimum Gasteiger partial charge on any atom is -0.319 e. The molecule has 0 bridgehead atoms. The van der Waals surface area contributed by atoms with E-state index in [0.29, 0.717) is 5.69 Å². The average Bonchev–Trinajstić information content (AvgIpc) is 2.38. The van der Waals surface area contributed by atoms with Crippen molar-refractivity contribution in [1.82, 2.24) is 0 Å². The summed E-state index contributed by atoms with van der Waals surface area (Å²) in [4.78, 5) is 22.8. The summed E-state index contributed by atoms with van der Waals surface area (Å²) in [5.74, 6) is -0.957. The maximum atomic E-state index is 11.5. The quantitative estimate of drug-likeness (QED) is 0.819. The van der Waals surface area contributed by atoms with Crippen molar-refractivity contribution in [2.24, 2.45) is 0 Å². The number of rotatable bonds is 3. The van der Waals surface area contributed by atoms with Gasteiger partial charge in [0.25, 0.3) is 5.91 Å². The van der Waals surface area contributed by atoms with Crippen LogP contribution in [-0.2, 0) is 9.59 Å². The second kappa shape index (κ2) is 4.78. The van der Waals surface area contributed by atoms with Crippen molar-refractivity contribution in [1.29, 1.82) is 0 Å². The van der Waals surface area contributed by atoms with Crippen LogP contribution in [0.2, 0.25) is 0 Å².